The maximum Gasteiger partial charge on any atom is 0.229 e. The lowest BCUT2D eigenvalue weighted by Crippen LogP contribution is -2.08. The first-order chi connectivity index (χ1) is 18.0. The minimum Gasteiger partial charge on any atom is -0.377 e. The minimum atomic E-state index is 0.402. The molecule has 3 N–H and O–H groups in total. The molecule has 8 heteroatoms. The van der Waals surface area contributed by atoms with Gasteiger partial charge in [0, 0.05) is 29.0 Å². The van der Waals surface area contributed by atoms with Gasteiger partial charge in [0.05, 0.1) is 29.6 Å². The Bertz CT molecular complexity index is 1510. The van der Waals surface area contributed by atoms with E-state index in [0.29, 0.717) is 34.6 Å². The predicted octanol–water partition coefficient (Wildman–Crippen LogP) is 7.25. The molecule has 7 nitrogen and oxygen atoms in total. The number of nitriles is 2. The first-order valence-corrected chi connectivity index (χ1v) is 11.9. The number of aryl methyl sites for hydroxylation is 2. The average Bonchev–Trinajstić information content (AvgIpc) is 2.90. The summed E-state index contributed by atoms with van der Waals surface area (Å²) in [5.74, 6) is 0.990. The Morgan fingerprint density at radius 1 is 0.973 bits per heavy atom. The van der Waals surface area contributed by atoms with E-state index in [1.54, 1.807) is 36.5 Å². The number of nitrogens with zero attached hydrogens (tertiary/aromatic N) is 4. The van der Waals surface area contributed by atoms with Crippen molar-refractivity contribution in [3.05, 3.63) is 106 Å². The number of allylic oxidation sites excluding steroid dienone is 1. The third kappa shape index (κ3) is 6.43. The standard InChI is InChI=1S/C29H24ClN7/c1-19-14-22(6-5-13-31)15-20(2)27(19)36-28-26(33-17-23-7-3-4-8-25(23)30)18-34-29(37-28)35-24-11-9-21(16-32)10-12-24/h3-12,14-15,18,33H,17H2,1-2H3,(H2,34,35,36,37)/b6-5+. The van der Waals surface area contributed by atoms with Gasteiger partial charge in [-0.05, 0) is 84.6 Å². The van der Waals surface area contributed by atoms with E-state index in [-0.39, 0.29) is 0 Å². The van der Waals surface area contributed by atoms with Crippen LogP contribution < -0.4 is 16.0 Å². The fourth-order valence-corrected chi connectivity index (χ4v) is 4.00. The van der Waals surface area contributed by atoms with Gasteiger partial charge in [0.25, 0.3) is 0 Å². The van der Waals surface area contributed by atoms with E-state index in [2.05, 4.69) is 27.0 Å². The predicted molar refractivity (Wildman–Crippen MR) is 149 cm³/mol. The van der Waals surface area contributed by atoms with Crippen LogP contribution in [0, 0.1) is 36.5 Å². The maximum absolute atomic E-state index is 9.04. The minimum absolute atomic E-state index is 0.402. The van der Waals surface area contributed by atoms with Crippen molar-refractivity contribution in [3.63, 3.8) is 0 Å². The molecule has 4 rings (SSSR count). The van der Waals surface area contributed by atoms with Gasteiger partial charge in [-0.3, -0.25) is 0 Å². The summed E-state index contributed by atoms with van der Waals surface area (Å²) >= 11 is 6.35. The van der Waals surface area contributed by atoms with Gasteiger partial charge in [0.2, 0.25) is 5.95 Å². The molecule has 0 unspecified atom stereocenters. The molecule has 1 heterocycles. The summed E-state index contributed by atoms with van der Waals surface area (Å²) in [7, 11) is 0. The van der Waals surface area contributed by atoms with Crippen molar-refractivity contribution in [3.8, 4) is 12.1 Å². The van der Waals surface area contributed by atoms with Crippen molar-refractivity contribution in [2.45, 2.75) is 20.4 Å². The van der Waals surface area contributed by atoms with Crippen LogP contribution in [0.4, 0.5) is 28.8 Å². The number of nitrogens with one attached hydrogen (secondary N) is 3. The van der Waals surface area contributed by atoms with E-state index in [1.807, 2.05) is 56.3 Å². The Morgan fingerprint density at radius 3 is 2.38 bits per heavy atom. The van der Waals surface area contributed by atoms with Crippen molar-refractivity contribution in [1.82, 2.24) is 9.97 Å². The molecule has 1 aromatic heterocycles. The number of halogens is 1. The van der Waals surface area contributed by atoms with Crippen LogP contribution in [0.5, 0.6) is 0 Å². The molecular formula is C29H24ClN7. The molecule has 182 valence electrons. The summed E-state index contributed by atoms with van der Waals surface area (Å²) < 4.78 is 0. The van der Waals surface area contributed by atoms with E-state index in [4.69, 9.17) is 27.1 Å². The number of hydrogen-bond acceptors (Lipinski definition) is 7. The van der Waals surface area contributed by atoms with Crippen molar-refractivity contribution in [1.29, 1.82) is 10.5 Å². The Morgan fingerprint density at radius 2 is 1.70 bits per heavy atom. The van der Waals surface area contributed by atoms with Crippen LogP contribution in [0.25, 0.3) is 6.08 Å². The molecule has 4 aromatic rings. The first kappa shape index (κ1) is 25.2. The van der Waals surface area contributed by atoms with Gasteiger partial charge in [-0.1, -0.05) is 29.8 Å². The molecule has 3 aromatic carbocycles. The lowest BCUT2D eigenvalue weighted by molar-refractivity contribution is 1.10. The van der Waals surface area contributed by atoms with E-state index >= 15 is 0 Å². The van der Waals surface area contributed by atoms with Gasteiger partial charge in [-0.15, -0.1) is 0 Å². The number of hydrogen-bond donors (Lipinski definition) is 3. The summed E-state index contributed by atoms with van der Waals surface area (Å²) in [4.78, 5) is 9.23. The molecule has 0 fully saturated rings. The van der Waals surface area contributed by atoms with Gasteiger partial charge < -0.3 is 16.0 Å². The fraction of sp³-hybridized carbons (Fsp3) is 0.103. The second-order valence-electron chi connectivity index (χ2n) is 8.33. The van der Waals surface area contributed by atoms with Crippen LogP contribution in [0.15, 0.2) is 72.9 Å². The topological polar surface area (TPSA) is 109 Å². The molecule has 0 spiro atoms. The van der Waals surface area contributed by atoms with Crippen LogP contribution in [0.1, 0.15) is 27.8 Å². The van der Waals surface area contributed by atoms with Gasteiger partial charge in [-0.2, -0.15) is 15.5 Å². The Hall–Kier alpha value is -4.85. The summed E-state index contributed by atoms with van der Waals surface area (Å²) in [5.41, 5.74) is 6.88. The molecule has 0 saturated heterocycles. The highest BCUT2D eigenvalue weighted by Gasteiger charge is 2.13. The molecule has 0 saturated carbocycles. The van der Waals surface area contributed by atoms with E-state index in [0.717, 1.165) is 33.6 Å². The number of rotatable bonds is 8. The van der Waals surface area contributed by atoms with Crippen LogP contribution in [0.3, 0.4) is 0 Å². The highest BCUT2D eigenvalue weighted by Crippen LogP contribution is 2.31. The second kappa shape index (κ2) is 11.7. The van der Waals surface area contributed by atoms with Crippen molar-refractivity contribution >= 4 is 46.5 Å². The van der Waals surface area contributed by atoms with Crippen LogP contribution in [0.2, 0.25) is 5.02 Å². The van der Waals surface area contributed by atoms with E-state index in [1.165, 1.54) is 6.08 Å². The zero-order valence-electron chi connectivity index (χ0n) is 20.4. The Balaban J connectivity index is 1.66. The molecule has 0 amide bonds. The molecular weight excluding hydrogens is 482 g/mol. The lowest BCUT2D eigenvalue weighted by Gasteiger charge is -2.18. The van der Waals surface area contributed by atoms with Gasteiger partial charge in [0.15, 0.2) is 5.82 Å². The van der Waals surface area contributed by atoms with Gasteiger partial charge in [0.1, 0.15) is 0 Å². The average molecular weight is 506 g/mol. The molecule has 0 aliphatic carbocycles. The maximum atomic E-state index is 9.04. The first-order valence-electron chi connectivity index (χ1n) is 11.5. The third-order valence-corrected chi connectivity index (χ3v) is 6.00. The molecule has 0 aliphatic heterocycles. The lowest BCUT2D eigenvalue weighted by atomic mass is 10.0. The van der Waals surface area contributed by atoms with Crippen LogP contribution in [-0.2, 0) is 6.54 Å². The third-order valence-electron chi connectivity index (χ3n) is 5.63. The second-order valence-corrected chi connectivity index (χ2v) is 8.74. The van der Waals surface area contributed by atoms with Crippen molar-refractivity contribution in [2.24, 2.45) is 0 Å². The number of aromatic nitrogens is 2. The summed E-state index contributed by atoms with van der Waals surface area (Å²) in [6.07, 6.45) is 4.96. The summed E-state index contributed by atoms with van der Waals surface area (Å²) in [6.45, 7) is 4.51. The van der Waals surface area contributed by atoms with E-state index in [9.17, 15) is 0 Å². The largest absolute Gasteiger partial charge is 0.377 e. The van der Waals surface area contributed by atoms with Gasteiger partial charge in [-0.25, -0.2) is 4.98 Å². The molecule has 0 bridgehead atoms. The van der Waals surface area contributed by atoms with Gasteiger partial charge >= 0.3 is 0 Å². The highest BCUT2D eigenvalue weighted by atomic mass is 35.5. The molecule has 0 aliphatic rings. The van der Waals surface area contributed by atoms with E-state index < -0.39 is 0 Å². The van der Waals surface area contributed by atoms with Crippen LogP contribution in [-0.4, -0.2) is 9.97 Å². The zero-order chi connectivity index (χ0) is 26.2. The molecule has 0 atom stereocenters. The van der Waals surface area contributed by atoms with Crippen molar-refractivity contribution < 1.29 is 0 Å². The molecule has 0 radical (unpaired) electrons. The summed E-state index contributed by atoms with van der Waals surface area (Å²) in [5, 5.41) is 28.6. The highest BCUT2D eigenvalue weighted by molar-refractivity contribution is 6.31. The monoisotopic (exact) mass is 505 g/mol. The number of benzene rings is 3. The van der Waals surface area contributed by atoms with Crippen LogP contribution >= 0.6 is 11.6 Å². The quantitative estimate of drug-likeness (QED) is 0.216. The normalized spacial score (nSPS) is 10.5. The smallest absolute Gasteiger partial charge is 0.229 e. The molecule has 37 heavy (non-hydrogen) atoms. The Labute approximate surface area is 221 Å². The fourth-order valence-electron chi connectivity index (χ4n) is 3.80. The SMILES string of the molecule is Cc1cc(/C=C/C#N)cc(C)c1Nc1nc(Nc2ccc(C#N)cc2)ncc1NCc1ccccc1Cl. The van der Waals surface area contributed by atoms with Crippen molar-refractivity contribution in [2.75, 3.05) is 16.0 Å². The zero-order valence-corrected chi connectivity index (χ0v) is 21.1. The number of anilines is 5. The summed E-state index contributed by atoms with van der Waals surface area (Å²) in [6, 6.07) is 22.9. The Kier molecular flexibility index (Phi) is 8.00.